The van der Waals surface area contributed by atoms with E-state index in [2.05, 4.69) is 28.5 Å². The number of aromatic nitrogens is 1. The molecule has 0 radical (unpaired) electrons. The van der Waals surface area contributed by atoms with E-state index in [9.17, 15) is 9.59 Å². The van der Waals surface area contributed by atoms with E-state index in [0.717, 1.165) is 35.4 Å². The fraction of sp³-hybridized carbons (Fsp3) is 0.115. The van der Waals surface area contributed by atoms with Gasteiger partial charge >= 0.3 is 0 Å². The van der Waals surface area contributed by atoms with Gasteiger partial charge in [-0.2, -0.15) is 0 Å². The number of pyridine rings is 1. The Hall–Kier alpha value is -3.35. The van der Waals surface area contributed by atoms with Crippen LogP contribution >= 0.6 is 22.7 Å². The van der Waals surface area contributed by atoms with Crippen molar-refractivity contribution in [1.29, 1.82) is 0 Å². The van der Waals surface area contributed by atoms with Gasteiger partial charge in [0.1, 0.15) is 4.83 Å². The fourth-order valence-corrected chi connectivity index (χ4v) is 6.82. The lowest BCUT2D eigenvalue weighted by Crippen LogP contribution is -2.15. The van der Waals surface area contributed by atoms with Crippen LogP contribution in [0.5, 0.6) is 0 Å². The second-order valence-electron chi connectivity index (χ2n) is 8.35. The summed E-state index contributed by atoms with van der Waals surface area (Å²) in [5, 5.41) is 3.31. The smallest absolute Gasteiger partial charge is 0.197 e. The van der Waals surface area contributed by atoms with Crippen LogP contribution in [0, 0.1) is 0 Å². The first-order valence-electron chi connectivity index (χ1n) is 10.5. The molecule has 0 unspecified atom stereocenters. The highest BCUT2D eigenvalue weighted by Crippen LogP contribution is 2.41. The van der Waals surface area contributed by atoms with Crippen molar-refractivity contribution < 1.29 is 9.59 Å². The molecule has 3 aliphatic rings. The lowest BCUT2D eigenvalue weighted by atomic mass is 10.1. The summed E-state index contributed by atoms with van der Waals surface area (Å²) in [6, 6.07) is 11.5. The minimum atomic E-state index is -0.166. The van der Waals surface area contributed by atoms with E-state index in [-0.39, 0.29) is 17.1 Å². The van der Waals surface area contributed by atoms with Crippen molar-refractivity contribution >= 4 is 54.7 Å². The number of ketones is 2. The third-order valence-corrected chi connectivity index (χ3v) is 8.44. The van der Waals surface area contributed by atoms with Crippen molar-refractivity contribution in [1.82, 2.24) is 9.88 Å². The molecular weight excluding hydrogens is 436 g/mol. The number of thiophene rings is 2. The molecule has 0 amide bonds. The molecule has 0 saturated heterocycles. The molecule has 4 nitrogen and oxygen atoms in total. The van der Waals surface area contributed by atoms with E-state index >= 15 is 0 Å². The SMILES string of the molecule is O=C1C(=CC2=CC=C(N3Cc4sc5cc6ccsc6nc5c4C3)C2)C(=O)c2ccccc21. The molecule has 1 aliphatic heterocycles. The molecule has 3 aromatic heterocycles. The molecule has 0 N–H and O–H groups in total. The average molecular weight is 453 g/mol. The number of benzene rings is 1. The molecular formula is C26H16N2O2S2. The number of carbonyl (C=O) groups excluding carboxylic acids is 2. The Kier molecular flexibility index (Phi) is 3.75. The Morgan fingerprint density at radius 3 is 2.62 bits per heavy atom. The van der Waals surface area contributed by atoms with Gasteiger partial charge in [0, 0.05) is 45.6 Å². The van der Waals surface area contributed by atoms with Crippen LogP contribution in [0.25, 0.3) is 20.4 Å². The van der Waals surface area contributed by atoms with Crippen molar-refractivity contribution in [2.45, 2.75) is 19.5 Å². The highest BCUT2D eigenvalue weighted by atomic mass is 32.1. The maximum absolute atomic E-state index is 12.7. The normalized spacial score (nSPS) is 17.4. The number of fused-ring (bicyclic) bond motifs is 5. The standard InChI is InChI=1S/C26H16N2O2S2/c29-24-17-3-1-2-4-18(17)25(30)19(24)10-14-5-6-16(9-14)28-12-20-22(13-28)32-21-11-15-7-8-31-26(15)27-23(20)21/h1-8,10-11H,9,12-13H2. The number of allylic oxidation sites excluding steroid dienone is 5. The Morgan fingerprint density at radius 1 is 1.00 bits per heavy atom. The summed E-state index contributed by atoms with van der Waals surface area (Å²) < 4.78 is 1.27. The van der Waals surface area contributed by atoms with Gasteiger partial charge in [-0.05, 0) is 35.2 Å². The van der Waals surface area contributed by atoms with Gasteiger partial charge in [0.05, 0.1) is 22.3 Å². The number of rotatable bonds is 2. The monoisotopic (exact) mass is 452 g/mol. The first kappa shape index (κ1) is 18.2. The summed E-state index contributed by atoms with van der Waals surface area (Å²) in [7, 11) is 0. The van der Waals surface area contributed by atoms with Gasteiger partial charge in [-0.3, -0.25) is 9.59 Å². The van der Waals surface area contributed by atoms with Crippen molar-refractivity contribution in [3.63, 3.8) is 0 Å². The summed E-state index contributed by atoms with van der Waals surface area (Å²) in [5.74, 6) is -0.332. The van der Waals surface area contributed by atoms with Gasteiger partial charge < -0.3 is 4.90 Å². The minimum Gasteiger partial charge on any atom is -0.365 e. The molecule has 0 saturated carbocycles. The molecule has 2 aliphatic carbocycles. The lowest BCUT2D eigenvalue weighted by molar-refractivity contribution is 0.0988. The molecule has 4 heterocycles. The number of hydrogen-bond donors (Lipinski definition) is 0. The van der Waals surface area contributed by atoms with Crippen LogP contribution in [0.15, 0.2) is 76.8 Å². The summed E-state index contributed by atoms with van der Waals surface area (Å²) in [4.78, 5) is 35.2. The van der Waals surface area contributed by atoms with Crippen molar-refractivity contribution in [2.24, 2.45) is 0 Å². The Balaban J connectivity index is 1.12. The average Bonchev–Trinajstić information content (AvgIpc) is 3.60. The third-order valence-electron chi connectivity index (χ3n) is 6.46. The second kappa shape index (κ2) is 6.58. The van der Waals surface area contributed by atoms with Gasteiger partial charge in [-0.1, -0.05) is 30.3 Å². The van der Waals surface area contributed by atoms with Crippen molar-refractivity contribution in [3.05, 3.63) is 98.4 Å². The molecule has 154 valence electrons. The second-order valence-corrected chi connectivity index (χ2v) is 10.4. The number of Topliss-reactive ketones (excluding diaryl/α,β-unsaturated/α-hetero) is 2. The van der Waals surface area contributed by atoms with Crippen molar-refractivity contribution in [2.75, 3.05) is 0 Å². The van der Waals surface area contributed by atoms with Crippen LogP contribution < -0.4 is 0 Å². The maximum atomic E-state index is 12.7. The fourth-order valence-electron chi connectivity index (χ4n) is 4.85. The molecule has 0 fully saturated rings. The van der Waals surface area contributed by atoms with Crippen LogP contribution in [0.3, 0.4) is 0 Å². The van der Waals surface area contributed by atoms with Gasteiger partial charge in [0.2, 0.25) is 0 Å². The van der Waals surface area contributed by atoms with E-state index in [1.165, 1.54) is 26.2 Å². The van der Waals surface area contributed by atoms with Gasteiger partial charge in [-0.15, -0.1) is 22.7 Å². The predicted molar refractivity (Wildman–Crippen MR) is 128 cm³/mol. The molecule has 7 rings (SSSR count). The minimum absolute atomic E-state index is 0.166. The highest BCUT2D eigenvalue weighted by Gasteiger charge is 2.33. The number of hydrogen-bond acceptors (Lipinski definition) is 6. The number of carbonyl (C=O) groups is 2. The number of nitrogens with zero attached hydrogens (tertiary/aromatic N) is 2. The van der Waals surface area contributed by atoms with Crippen LogP contribution in [0.2, 0.25) is 0 Å². The first-order chi connectivity index (χ1) is 15.7. The summed E-state index contributed by atoms with van der Waals surface area (Å²) in [5.41, 5.74) is 6.00. The zero-order chi connectivity index (χ0) is 21.4. The molecule has 32 heavy (non-hydrogen) atoms. The van der Waals surface area contributed by atoms with E-state index in [0.29, 0.717) is 11.1 Å². The van der Waals surface area contributed by atoms with Gasteiger partial charge in [0.25, 0.3) is 0 Å². The maximum Gasteiger partial charge on any atom is 0.197 e. The lowest BCUT2D eigenvalue weighted by Gasteiger charge is -2.19. The quantitative estimate of drug-likeness (QED) is 0.275. The molecule has 6 heteroatoms. The highest BCUT2D eigenvalue weighted by molar-refractivity contribution is 7.20. The predicted octanol–water partition coefficient (Wildman–Crippen LogP) is 6.05. The van der Waals surface area contributed by atoms with Crippen LogP contribution in [0.4, 0.5) is 0 Å². The van der Waals surface area contributed by atoms with Crippen LogP contribution in [-0.4, -0.2) is 21.5 Å². The zero-order valence-electron chi connectivity index (χ0n) is 16.9. The Morgan fingerprint density at radius 2 is 1.81 bits per heavy atom. The van der Waals surface area contributed by atoms with Crippen LogP contribution in [0.1, 0.15) is 37.6 Å². The Bertz CT molecular complexity index is 1560. The molecule has 0 atom stereocenters. The van der Waals surface area contributed by atoms with E-state index in [4.69, 9.17) is 4.98 Å². The summed E-state index contributed by atoms with van der Waals surface area (Å²) in [6.07, 6.45) is 6.66. The zero-order valence-corrected chi connectivity index (χ0v) is 18.6. The molecule has 4 aromatic rings. The van der Waals surface area contributed by atoms with E-state index < -0.39 is 0 Å². The first-order valence-corrected chi connectivity index (χ1v) is 12.2. The van der Waals surface area contributed by atoms with Gasteiger partial charge in [0.15, 0.2) is 11.6 Å². The molecule has 0 spiro atoms. The Labute approximate surface area is 191 Å². The third kappa shape index (κ3) is 2.57. The molecule has 1 aromatic carbocycles. The van der Waals surface area contributed by atoms with E-state index in [1.54, 1.807) is 41.7 Å². The largest absolute Gasteiger partial charge is 0.365 e. The van der Waals surface area contributed by atoms with Crippen molar-refractivity contribution in [3.8, 4) is 0 Å². The van der Waals surface area contributed by atoms with Crippen LogP contribution in [-0.2, 0) is 13.1 Å². The molecule has 0 bridgehead atoms. The topological polar surface area (TPSA) is 50.3 Å². The summed E-state index contributed by atoms with van der Waals surface area (Å²) >= 11 is 3.53. The summed E-state index contributed by atoms with van der Waals surface area (Å²) in [6.45, 7) is 1.74. The van der Waals surface area contributed by atoms with E-state index in [1.807, 2.05) is 17.4 Å². The van der Waals surface area contributed by atoms with Gasteiger partial charge in [-0.25, -0.2) is 4.98 Å².